The number of hydrogen-bond acceptors (Lipinski definition) is 5. The summed E-state index contributed by atoms with van der Waals surface area (Å²) in [5.41, 5.74) is 0. The van der Waals surface area contributed by atoms with E-state index in [1.54, 1.807) is 11.0 Å². The Kier molecular flexibility index (Phi) is 8.00. The van der Waals surface area contributed by atoms with Gasteiger partial charge in [-0.2, -0.15) is 0 Å². The summed E-state index contributed by atoms with van der Waals surface area (Å²) < 4.78 is 2.85. The van der Waals surface area contributed by atoms with Crippen molar-refractivity contribution in [1.29, 1.82) is 0 Å². The Labute approximate surface area is 177 Å². The predicted octanol–water partition coefficient (Wildman–Crippen LogP) is 1.74. The number of nitrogens with one attached hydrogen (secondary N) is 3. The van der Waals surface area contributed by atoms with Gasteiger partial charge < -0.3 is 15.5 Å². The van der Waals surface area contributed by atoms with Crippen LogP contribution in [0.4, 0.5) is 0 Å². The van der Waals surface area contributed by atoms with Gasteiger partial charge in [-0.05, 0) is 69.9 Å². The zero-order valence-electron chi connectivity index (χ0n) is 17.3. The minimum atomic E-state index is -0.654. The van der Waals surface area contributed by atoms with E-state index in [9.17, 15) is 14.4 Å². The second-order valence-electron chi connectivity index (χ2n) is 8.37. The minimum absolute atomic E-state index is 0.0195. The number of carbonyl (C=O) groups excluding carboxylic acids is 3. The smallest absolute Gasteiger partial charge is 0.252 e. The average molecular weight is 423 g/mol. The van der Waals surface area contributed by atoms with Crippen LogP contribution < -0.4 is 15.4 Å². The molecule has 1 heterocycles. The van der Waals surface area contributed by atoms with Crippen LogP contribution in [-0.4, -0.2) is 59.6 Å². The molecule has 162 valence electrons. The zero-order chi connectivity index (χ0) is 20.8. The van der Waals surface area contributed by atoms with Crippen molar-refractivity contribution in [3.05, 3.63) is 12.7 Å². The molecule has 3 rings (SSSR count). The molecule has 0 aromatic carbocycles. The van der Waals surface area contributed by atoms with Gasteiger partial charge in [-0.3, -0.25) is 19.1 Å². The first kappa shape index (κ1) is 22.2. The second-order valence-corrected chi connectivity index (χ2v) is 9.48. The van der Waals surface area contributed by atoms with Crippen LogP contribution in [0.2, 0.25) is 0 Å². The number of nitrogens with zero attached hydrogens (tertiary/aromatic N) is 1. The molecule has 8 heteroatoms. The Morgan fingerprint density at radius 2 is 1.86 bits per heavy atom. The Bertz CT molecular complexity index is 619. The third-order valence-electron chi connectivity index (χ3n) is 6.17. The van der Waals surface area contributed by atoms with Crippen LogP contribution in [0, 0.1) is 5.92 Å². The van der Waals surface area contributed by atoms with Gasteiger partial charge in [0, 0.05) is 11.8 Å². The number of likely N-dealkylation sites (tertiary alicyclic amines) is 1. The summed E-state index contributed by atoms with van der Waals surface area (Å²) in [7, 11) is 1.83. The summed E-state index contributed by atoms with van der Waals surface area (Å²) >= 11 is 1.43. The minimum Gasteiger partial charge on any atom is -0.342 e. The molecule has 0 aromatic rings. The van der Waals surface area contributed by atoms with Crippen molar-refractivity contribution < 1.29 is 14.4 Å². The lowest BCUT2D eigenvalue weighted by molar-refractivity contribution is -0.141. The van der Waals surface area contributed by atoms with Crippen molar-refractivity contribution in [2.75, 3.05) is 13.6 Å². The molecule has 3 aliphatic rings. The molecule has 0 radical (unpaired) electrons. The van der Waals surface area contributed by atoms with Gasteiger partial charge in [0.15, 0.2) is 0 Å². The first-order valence-electron chi connectivity index (χ1n) is 10.9. The SMILES string of the molecule is C=CCC(NC(=O)[C@@H]1CCCN1C(=O)[C@@H](NC)C1CCCC1)C(=O)NSC1CC1. The number of hydrogen-bond donors (Lipinski definition) is 3. The fraction of sp³-hybridized carbons (Fsp3) is 0.762. The van der Waals surface area contributed by atoms with Gasteiger partial charge >= 0.3 is 0 Å². The molecule has 1 unspecified atom stereocenters. The van der Waals surface area contributed by atoms with Gasteiger partial charge in [0.05, 0.1) is 6.04 Å². The topological polar surface area (TPSA) is 90.5 Å². The molecule has 29 heavy (non-hydrogen) atoms. The zero-order valence-corrected chi connectivity index (χ0v) is 18.1. The van der Waals surface area contributed by atoms with E-state index in [-0.39, 0.29) is 23.8 Å². The van der Waals surface area contributed by atoms with E-state index in [0.29, 0.717) is 30.6 Å². The standard InChI is InChI=1S/C21H34N4O3S/c1-3-7-16(19(26)24-29-15-11-12-15)23-20(27)17-10-6-13-25(17)21(28)18(22-2)14-8-4-5-9-14/h3,14-18,22H,1,4-13H2,2H3,(H,23,27)(H,24,26)/t16?,17-,18-/m0/s1. The van der Waals surface area contributed by atoms with E-state index in [1.807, 2.05) is 7.05 Å². The molecule has 2 saturated carbocycles. The summed E-state index contributed by atoms with van der Waals surface area (Å²) in [5.74, 6) is -0.0813. The molecule has 3 atom stereocenters. The van der Waals surface area contributed by atoms with Gasteiger partial charge in [0.1, 0.15) is 12.1 Å². The molecule has 0 bridgehead atoms. The Morgan fingerprint density at radius 1 is 1.14 bits per heavy atom. The number of rotatable bonds is 10. The van der Waals surface area contributed by atoms with E-state index in [0.717, 1.165) is 44.9 Å². The summed E-state index contributed by atoms with van der Waals surface area (Å²) in [4.78, 5) is 40.4. The van der Waals surface area contributed by atoms with Gasteiger partial charge in [0.2, 0.25) is 11.8 Å². The van der Waals surface area contributed by atoms with Crippen LogP contribution in [0.15, 0.2) is 12.7 Å². The van der Waals surface area contributed by atoms with Crippen LogP contribution in [0.3, 0.4) is 0 Å². The molecule has 3 amide bonds. The molecule has 2 aliphatic carbocycles. The highest BCUT2D eigenvalue weighted by atomic mass is 32.2. The van der Waals surface area contributed by atoms with Crippen molar-refractivity contribution in [2.45, 2.75) is 81.2 Å². The molecule has 0 spiro atoms. The highest BCUT2D eigenvalue weighted by Gasteiger charge is 2.40. The molecule has 3 fully saturated rings. The first-order chi connectivity index (χ1) is 14.0. The van der Waals surface area contributed by atoms with Gasteiger partial charge in [0.25, 0.3) is 5.91 Å². The van der Waals surface area contributed by atoms with Gasteiger partial charge in [-0.25, -0.2) is 0 Å². The lowest BCUT2D eigenvalue weighted by Gasteiger charge is -2.31. The second kappa shape index (κ2) is 10.5. The lowest BCUT2D eigenvalue weighted by atomic mass is 9.96. The summed E-state index contributed by atoms with van der Waals surface area (Å²) in [6.45, 7) is 4.30. The fourth-order valence-corrected chi connectivity index (χ4v) is 5.19. The predicted molar refractivity (Wildman–Crippen MR) is 115 cm³/mol. The van der Waals surface area contributed by atoms with E-state index in [4.69, 9.17) is 0 Å². The number of carbonyl (C=O) groups is 3. The monoisotopic (exact) mass is 422 g/mol. The first-order valence-corrected chi connectivity index (χ1v) is 11.8. The quantitative estimate of drug-likeness (QED) is 0.369. The Morgan fingerprint density at radius 3 is 2.48 bits per heavy atom. The molecule has 1 saturated heterocycles. The van der Waals surface area contributed by atoms with Gasteiger partial charge in [-0.1, -0.05) is 18.9 Å². The normalized spacial score (nSPS) is 24.2. The third-order valence-corrected chi connectivity index (χ3v) is 7.30. The maximum atomic E-state index is 13.2. The molecule has 0 aromatic heterocycles. The lowest BCUT2D eigenvalue weighted by Crippen LogP contribution is -2.56. The van der Waals surface area contributed by atoms with Crippen molar-refractivity contribution in [2.24, 2.45) is 5.92 Å². The van der Waals surface area contributed by atoms with Crippen molar-refractivity contribution >= 4 is 29.7 Å². The average Bonchev–Trinajstić information content (AvgIpc) is 3.17. The largest absolute Gasteiger partial charge is 0.342 e. The van der Waals surface area contributed by atoms with Gasteiger partial charge in [-0.15, -0.1) is 6.58 Å². The number of amides is 3. The van der Waals surface area contributed by atoms with Crippen LogP contribution in [0.1, 0.15) is 57.8 Å². The highest BCUT2D eigenvalue weighted by Crippen LogP contribution is 2.32. The third kappa shape index (κ3) is 5.75. The van der Waals surface area contributed by atoms with Crippen molar-refractivity contribution in [1.82, 2.24) is 20.3 Å². The van der Waals surface area contributed by atoms with E-state index in [1.165, 1.54) is 11.9 Å². The number of likely N-dealkylation sites (N-methyl/N-ethyl adjacent to an activating group) is 1. The van der Waals surface area contributed by atoms with E-state index < -0.39 is 12.1 Å². The van der Waals surface area contributed by atoms with Crippen LogP contribution in [-0.2, 0) is 14.4 Å². The molecule has 7 nitrogen and oxygen atoms in total. The van der Waals surface area contributed by atoms with E-state index in [2.05, 4.69) is 21.9 Å². The van der Waals surface area contributed by atoms with Crippen LogP contribution in [0.5, 0.6) is 0 Å². The fourth-order valence-electron chi connectivity index (χ4n) is 4.40. The highest BCUT2D eigenvalue weighted by molar-refractivity contribution is 7.98. The maximum Gasteiger partial charge on any atom is 0.252 e. The molecular formula is C21H34N4O3S. The Hall–Kier alpha value is -1.54. The molecular weight excluding hydrogens is 388 g/mol. The summed E-state index contributed by atoms with van der Waals surface area (Å²) in [6, 6.07) is -1.39. The van der Waals surface area contributed by atoms with Crippen LogP contribution >= 0.6 is 11.9 Å². The van der Waals surface area contributed by atoms with E-state index >= 15 is 0 Å². The maximum absolute atomic E-state index is 13.2. The molecule has 3 N–H and O–H groups in total. The summed E-state index contributed by atoms with van der Waals surface area (Å²) in [5, 5.41) is 6.55. The van der Waals surface area contributed by atoms with Crippen LogP contribution in [0.25, 0.3) is 0 Å². The molecule has 1 aliphatic heterocycles. The summed E-state index contributed by atoms with van der Waals surface area (Å²) in [6.07, 6.45) is 10.1. The van der Waals surface area contributed by atoms with Crippen molar-refractivity contribution in [3.8, 4) is 0 Å². The van der Waals surface area contributed by atoms with Crippen molar-refractivity contribution in [3.63, 3.8) is 0 Å². The Balaban J connectivity index is 1.60.